The summed E-state index contributed by atoms with van der Waals surface area (Å²) >= 11 is 1.76. The number of aromatic hydroxyl groups is 1. The summed E-state index contributed by atoms with van der Waals surface area (Å²) < 4.78 is 7.83. The fraction of sp³-hybridized carbons (Fsp3) is 0.340. The molecule has 1 aliphatic carbocycles. The summed E-state index contributed by atoms with van der Waals surface area (Å²) in [6.07, 6.45) is 7.46. The third-order valence-electron chi connectivity index (χ3n) is 14.5. The molecule has 12 heteroatoms. The molecule has 11 rings (SSSR count). The lowest BCUT2D eigenvalue weighted by Crippen LogP contribution is -2.51. The van der Waals surface area contributed by atoms with Gasteiger partial charge in [-0.15, -0.1) is 21.5 Å². The molecule has 4 aromatic carbocycles. The van der Waals surface area contributed by atoms with Gasteiger partial charge in [0.15, 0.2) is 11.7 Å². The van der Waals surface area contributed by atoms with Crippen LogP contribution in [0, 0.1) is 26.7 Å². The van der Waals surface area contributed by atoms with Crippen molar-refractivity contribution in [3.63, 3.8) is 0 Å². The average Bonchev–Trinajstić information content (AvgIpc) is 4.06. The number of carbonyl (C=O) groups is 1. The average molecular weight is 883 g/mol. The van der Waals surface area contributed by atoms with Gasteiger partial charge in [-0.2, -0.15) is 0 Å². The van der Waals surface area contributed by atoms with Gasteiger partial charge in [0.25, 0.3) is 0 Å². The Morgan fingerprint density at radius 1 is 0.800 bits per heavy atom. The van der Waals surface area contributed by atoms with E-state index < -0.39 is 0 Å². The predicted molar refractivity (Wildman–Crippen MR) is 256 cm³/mol. The zero-order chi connectivity index (χ0) is 44.2. The van der Waals surface area contributed by atoms with E-state index in [1.807, 2.05) is 19.1 Å². The van der Waals surface area contributed by atoms with Crippen LogP contribution in [0.25, 0.3) is 5.00 Å². The second-order valence-corrected chi connectivity index (χ2v) is 19.4. The number of aliphatic imine (C=N–C) groups is 1. The molecule has 330 valence electrons. The van der Waals surface area contributed by atoms with Crippen molar-refractivity contribution in [2.24, 2.45) is 10.9 Å². The molecule has 4 aliphatic rings. The number of hydrogen-bond acceptors (Lipinski definition) is 10. The molecule has 3 atom stereocenters. The highest BCUT2D eigenvalue weighted by Crippen LogP contribution is 2.47. The smallest absolute Gasteiger partial charge is 0.225 e. The van der Waals surface area contributed by atoms with Crippen molar-refractivity contribution in [2.45, 2.75) is 70.8 Å². The number of nitrogens with zero attached hydrogens (tertiary/aromatic N) is 8. The van der Waals surface area contributed by atoms with E-state index in [0.717, 1.165) is 98.4 Å². The zero-order valence-corrected chi connectivity index (χ0v) is 38.0. The SMILES string of the molecule is Cc1sc2c(c1C)C(c1ccc(N3CCC(C(=O)N4CCN(c5ccc([C@@H]6c7ccc(O)cc7CC[C@@H]6c6ccccc6)cc5)CC4)CC3)cc1)=N[C@@H](Cc1ncco1)c1nnc(C)n1-2. The van der Waals surface area contributed by atoms with E-state index in [2.05, 4.69) is 133 Å². The van der Waals surface area contributed by atoms with Gasteiger partial charge in [0.05, 0.1) is 18.3 Å². The first-order valence-electron chi connectivity index (χ1n) is 23.1. The highest BCUT2D eigenvalue weighted by molar-refractivity contribution is 7.15. The van der Waals surface area contributed by atoms with E-state index in [0.29, 0.717) is 29.9 Å². The third-order valence-corrected chi connectivity index (χ3v) is 15.7. The Hall–Kier alpha value is -6.53. The zero-order valence-electron chi connectivity index (χ0n) is 37.2. The number of phenolic OH excluding ortho intramolecular Hbond substituents is 1. The lowest BCUT2D eigenvalue weighted by Gasteiger charge is -2.40. The van der Waals surface area contributed by atoms with Crippen molar-refractivity contribution in [2.75, 3.05) is 49.1 Å². The molecule has 1 amide bonds. The van der Waals surface area contributed by atoms with Crippen LogP contribution < -0.4 is 9.80 Å². The summed E-state index contributed by atoms with van der Waals surface area (Å²) in [4.78, 5) is 32.0. The van der Waals surface area contributed by atoms with Crippen LogP contribution in [0.5, 0.6) is 5.75 Å². The number of amides is 1. The van der Waals surface area contributed by atoms with Crippen molar-refractivity contribution in [1.82, 2.24) is 24.6 Å². The lowest BCUT2D eigenvalue weighted by atomic mass is 9.69. The first-order valence-corrected chi connectivity index (χ1v) is 23.9. The highest BCUT2D eigenvalue weighted by atomic mass is 32.1. The minimum atomic E-state index is -0.313. The van der Waals surface area contributed by atoms with Crippen LogP contribution in [0.3, 0.4) is 0 Å². The Morgan fingerprint density at radius 3 is 2.25 bits per heavy atom. The molecular weight excluding hydrogens is 829 g/mol. The summed E-state index contributed by atoms with van der Waals surface area (Å²) in [5.74, 6) is 3.53. The molecule has 0 spiro atoms. The number of piperidine rings is 1. The Bertz CT molecular complexity index is 2850. The molecule has 2 saturated heterocycles. The summed E-state index contributed by atoms with van der Waals surface area (Å²) in [5, 5.41) is 20.5. The number of carbonyl (C=O) groups excluding carboxylic acids is 1. The summed E-state index contributed by atoms with van der Waals surface area (Å²) in [5.41, 5.74) is 11.9. The monoisotopic (exact) mass is 882 g/mol. The number of thiophene rings is 1. The topological polar surface area (TPSA) is 116 Å². The molecule has 65 heavy (non-hydrogen) atoms. The minimum absolute atomic E-state index is 0.0442. The molecule has 3 aromatic heterocycles. The van der Waals surface area contributed by atoms with Crippen molar-refractivity contribution < 1.29 is 14.3 Å². The van der Waals surface area contributed by atoms with Crippen molar-refractivity contribution in [3.8, 4) is 10.8 Å². The fourth-order valence-corrected chi connectivity index (χ4v) is 12.1. The molecule has 0 unspecified atom stereocenters. The minimum Gasteiger partial charge on any atom is -0.508 e. The number of hydrogen-bond donors (Lipinski definition) is 1. The van der Waals surface area contributed by atoms with Crippen LogP contribution in [0.4, 0.5) is 11.4 Å². The van der Waals surface area contributed by atoms with Crippen molar-refractivity contribution in [3.05, 3.63) is 171 Å². The van der Waals surface area contributed by atoms with Crippen molar-refractivity contribution >= 4 is 34.3 Å². The van der Waals surface area contributed by atoms with Crippen LogP contribution in [0.15, 0.2) is 119 Å². The third kappa shape index (κ3) is 7.71. The number of anilines is 2. The van der Waals surface area contributed by atoms with Gasteiger partial charge in [0.1, 0.15) is 28.9 Å². The molecule has 0 saturated carbocycles. The summed E-state index contributed by atoms with van der Waals surface area (Å²) in [7, 11) is 0. The second kappa shape index (κ2) is 17.1. The predicted octanol–water partition coefficient (Wildman–Crippen LogP) is 9.51. The number of phenols is 1. The van der Waals surface area contributed by atoms with Gasteiger partial charge in [-0.25, -0.2) is 4.98 Å². The van der Waals surface area contributed by atoms with Crippen molar-refractivity contribution in [1.29, 1.82) is 0 Å². The van der Waals surface area contributed by atoms with E-state index in [1.165, 1.54) is 44.1 Å². The van der Waals surface area contributed by atoms with Crippen LogP contribution in [0.1, 0.15) is 98.5 Å². The molecule has 2 fully saturated rings. The Labute approximate surface area is 384 Å². The molecule has 6 heterocycles. The summed E-state index contributed by atoms with van der Waals surface area (Å²) in [6.45, 7) is 11.2. The Balaban J connectivity index is 0.730. The van der Waals surface area contributed by atoms with Gasteiger partial charge < -0.3 is 24.2 Å². The highest BCUT2D eigenvalue weighted by Gasteiger charge is 2.35. The number of aromatic nitrogens is 4. The van der Waals surface area contributed by atoms with Gasteiger partial charge >= 0.3 is 0 Å². The number of aryl methyl sites for hydroxylation is 3. The fourth-order valence-electron chi connectivity index (χ4n) is 10.9. The van der Waals surface area contributed by atoms with Crippen LogP contribution in [-0.2, 0) is 17.6 Å². The van der Waals surface area contributed by atoms with Gasteiger partial charge in [0.2, 0.25) is 5.91 Å². The number of piperazine rings is 1. The number of rotatable bonds is 8. The van der Waals surface area contributed by atoms with Gasteiger partial charge in [0, 0.05) is 78.5 Å². The molecule has 7 aromatic rings. The standard InChI is InChI=1S/C53H54N8O3S/c1-33-34(2)65-53-48(33)50(55-46(32-47-54-23-30-64-47)51-57-56-35(3)61(51)53)38-11-16-41(17-12-38)58-24-21-39(22-25-58)52(63)60-28-26-59(27-29-60)42-14-9-37(10-15-42)49-44(36-7-5-4-6-8-36)19-13-40-31-43(62)18-20-45(40)49/h4-12,14-18,20,23,30-31,39,44,46,49,62H,13,19,21-22,24-29,32H2,1-3H3/t44-,46+,49+/m1/s1. The number of benzene rings is 4. The normalized spacial score (nSPS) is 19.9. The molecular formula is C53H54N8O3S. The molecule has 11 nitrogen and oxygen atoms in total. The Kier molecular flexibility index (Phi) is 10.8. The maximum atomic E-state index is 14.0. The Morgan fingerprint density at radius 2 is 1.52 bits per heavy atom. The number of fused-ring (bicyclic) bond motifs is 4. The van der Waals surface area contributed by atoms with Gasteiger partial charge in [-0.1, -0.05) is 60.7 Å². The van der Waals surface area contributed by atoms with Crippen LogP contribution in [-0.4, -0.2) is 80.6 Å². The van der Waals surface area contributed by atoms with E-state index >= 15 is 0 Å². The first kappa shape index (κ1) is 41.2. The van der Waals surface area contributed by atoms with E-state index in [4.69, 9.17) is 9.41 Å². The second-order valence-electron chi connectivity index (χ2n) is 18.2. The maximum Gasteiger partial charge on any atom is 0.225 e. The number of oxazole rings is 1. The first-order chi connectivity index (χ1) is 31.8. The quantitative estimate of drug-likeness (QED) is 0.161. The molecule has 0 bridgehead atoms. The molecule has 0 radical (unpaired) electrons. The van der Waals surface area contributed by atoms with Crippen LogP contribution >= 0.6 is 11.3 Å². The van der Waals surface area contributed by atoms with E-state index in [-0.39, 0.29) is 17.9 Å². The summed E-state index contributed by atoms with van der Waals surface area (Å²) in [6, 6.07) is 34.4. The van der Waals surface area contributed by atoms with E-state index in [1.54, 1.807) is 23.8 Å². The van der Waals surface area contributed by atoms with E-state index in [9.17, 15) is 9.90 Å². The molecule has 3 aliphatic heterocycles. The van der Waals surface area contributed by atoms with Gasteiger partial charge in [-0.3, -0.25) is 14.4 Å². The largest absolute Gasteiger partial charge is 0.508 e. The van der Waals surface area contributed by atoms with Crippen LogP contribution in [0.2, 0.25) is 0 Å². The van der Waals surface area contributed by atoms with Gasteiger partial charge in [-0.05, 0) is 117 Å². The maximum absolute atomic E-state index is 14.0. The lowest BCUT2D eigenvalue weighted by molar-refractivity contribution is -0.136. The molecule has 1 N–H and O–H groups in total.